The van der Waals surface area contributed by atoms with Crippen LogP contribution in [0.1, 0.15) is 63.4 Å². The molecule has 0 N–H and O–H groups in total. The van der Waals surface area contributed by atoms with Gasteiger partial charge in [-0.1, -0.05) is 55.7 Å². The largest absolute Gasteiger partial charge is 0.469 e. The van der Waals surface area contributed by atoms with E-state index in [0.29, 0.717) is 25.8 Å². The Morgan fingerprint density at radius 2 is 1.86 bits per heavy atom. The zero-order valence-electron chi connectivity index (χ0n) is 17.5. The van der Waals surface area contributed by atoms with Crippen LogP contribution in [0.25, 0.3) is 0 Å². The van der Waals surface area contributed by atoms with Crippen LogP contribution >= 0.6 is 0 Å². The summed E-state index contributed by atoms with van der Waals surface area (Å²) in [4.78, 5) is 38.0. The minimum absolute atomic E-state index is 0.000192. The fraction of sp³-hybridized carbons (Fsp3) is 0.542. The summed E-state index contributed by atoms with van der Waals surface area (Å²) in [6.07, 6.45) is 11.5. The van der Waals surface area contributed by atoms with Crippen LogP contribution in [-0.4, -0.2) is 42.3 Å². The molecule has 1 aromatic carbocycles. The first-order chi connectivity index (χ1) is 14.1. The SMILES string of the molecule is COC(=O)CCCCCCN1C(=O)CCCCC1/C=C/C(=O)Cc1ccccc1. The summed E-state index contributed by atoms with van der Waals surface area (Å²) in [6, 6.07) is 9.71. The van der Waals surface area contributed by atoms with Gasteiger partial charge in [0.05, 0.1) is 13.2 Å². The highest BCUT2D eigenvalue weighted by atomic mass is 16.5. The monoisotopic (exact) mass is 399 g/mol. The van der Waals surface area contributed by atoms with E-state index in [1.807, 2.05) is 41.3 Å². The van der Waals surface area contributed by atoms with Crippen molar-refractivity contribution in [3.8, 4) is 0 Å². The number of likely N-dealkylation sites (tertiary alicyclic amines) is 1. The van der Waals surface area contributed by atoms with Crippen LogP contribution < -0.4 is 0 Å². The van der Waals surface area contributed by atoms with Crippen LogP contribution in [0.2, 0.25) is 0 Å². The lowest BCUT2D eigenvalue weighted by Crippen LogP contribution is -2.38. The lowest BCUT2D eigenvalue weighted by molar-refractivity contribution is -0.140. The summed E-state index contributed by atoms with van der Waals surface area (Å²) in [5.41, 5.74) is 1.00. The second kappa shape index (κ2) is 12.9. The van der Waals surface area contributed by atoms with Gasteiger partial charge in [0.1, 0.15) is 0 Å². The molecule has 1 unspecified atom stereocenters. The van der Waals surface area contributed by atoms with E-state index in [0.717, 1.165) is 50.5 Å². The molecule has 0 bridgehead atoms. The van der Waals surface area contributed by atoms with E-state index >= 15 is 0 Å². The molecule has 1 fully saturated rings. The van der Waals surface area contributed by atoms with Crippen molar-refractivity contribution in [2.45, 2.75) is 70.3 Å². The van der Waals surface area contributed by atoms with E-state index in [1.165, 1.54) is 7.11 Å². The Morgan fingerprint density at radius 1 is 1.10 bits per heavy atom. The van der Waals surface area contributed by atoms with Gasteiger partial charge in [0.25, 0.3) is 0 Å². The van der Waals surface area contributed by atoms with E-state index in [4.69, 9.17) is 0 Å². The maximum atomic E-state index is 12.6. The molecule has 1 atom stereocenters. The van der Waals surface area contributed by atoms with Gasteiger partial charge < -0.3 is 9.64 Å². The second-order valence-electron chi connectivity index (χ2n) is 7.63. The first-order valence-electron chi connectivity index (χ1n) is 10.7. The summed E-state index contributed by atoms with van der Waals surface area (Å²) < 4.78 is 4.65. The third-order valence-corrected chi connectivity index (χ3v) is 5.34. The Bertz CT molecular complexity index is 683. The van der Waals surface area contributed by atoms with Gasteiger partial charge in [-0.05, 0) is 37.3 Å². The zero-order valence-corrected chi connectivity index (χ0v) is 17.5. The first kappa shape index (κ1) is 22.9. The molecule has 1 aromatic rings. The number of amides is 1. The standard InChI is InChI=1S/C24H33NO4/c1-29-24(28)15-7-2-3-10-18-25-21(13-8-9-14-23(25)27)16-17-22(26)19-20-11-5-4-6-12-20/h4-6,11-12,16-17,21H,2-3,7-10,13-15,18-19H2,1H3/b17-16+. The van der Waals surface area contributed by atoms with Crippen LogP contribution in [0.15, 0.2) is 42.5 Å². The average Bonchev–Trinajstić information content (AvgIpc) is 2.90. The molecule has 1 aliphatic rings. The minimum Gasteiger partial charge on any atom is -0.469 e. The summed E-state index contributed by atoms with van der Waals surface area (Å²) in [7, 11) is 1.41. The Morgan fingerprint density at radius 3 is 2.62 bits per heavy atom. The average molecular weight is 400 g/mol. The lowest BCUT2D eigenvalue weighted by Gasteiger charge is -2.28. The molecule has 0 saturated carbocycles. The summed E-state index contributed by atoms with van der Waals surface area (Å²) >= 11 is 0. The van der Waals surface area contributed by atoms with E-state index in [1.54, 1.807) is 6.08 Å². The van der Waals surface area contributed by atoms with Crippen LogP contribution in [0.5, 0.6) is 0 Å². The Balaban J connectivity index is 1.83. The quantitative estimate of drug-likeness (QED) is 0.317. The second-order valence-corrected chi connectivity index (χ2v) is 7.63. The Kier molecular flexibility index (Phi) is 10.2. The molecule has 5 heteroatoms. The van der Waals surface area contributed by atoms with Crippen molar-refractivity contribution in [3.05, 3.63) is 48.0 Å². The third kappa shape index (κ3) is 8.63. The number of rotatable bonds is 11. The number of carbonyl (C=O) groups excluding carboxylic acids is 3. The molecule has 0 aromatic heterocycles. The number of ether oxygens (including phenoxy) is 1. The number of esters is 1. The van der Waals surface area contributed by atoms with E-state index < -0.39 is 0 Å². The van der Waals surface area contributed by atoms with Crippen molar-refractivity contribution in [1.82, 2.24) is 4.90 Å². The number of hydrogen-bond donors (Lipinski definition) is 0. The number of benzene rings is 1. The highest BCUT2D eigenvalue weighted by Crippen LogP contribution is 2.20. The van der Waals surface area contributed by atoms with Crippen molar-refractivity contribution in [2.24, 2.45) is 0 Å². The molecule has 0 aliphatic carbocycles. The summed E-state index contributed by atoms with van der Waals surface area (Å²) in [6.45, 7) is 0.707. The van der Waals surface area contributed by atoms with Crippen molar-refractivity contribution in [1.29, 1.82) is 0 Å². The molecule has 0 spiro atoms. The van der Waals surface area contributed by atoms with Crippen molar-refractivity contribution < 1.29 is 19.1 Å². The maximum absolute atomic E-state index is 12.6. The van der Waals surface area contributed by atoms with Gasteiger partial charge in [0.2, 0.25) is 5.91 Å². The first-order valence-corrected chi connectivity index (χ1v) is 10.7. The molecule has 1 heterocycles. The summed E-state index contributed by atoms with van der Waals surface area (Å²) in [5, 5.41) is 0. The van der Waals surface area contributed by atoms with Gasteiger partial charge in [-0.3, -0.25) is 14.4 Å². The van der Waals surface area contributed by atoms with Crippen LogP contribution in [0.4, 0.5) is 0 Å². The van der Waals surface area contributed by atoms with Gasteiger partial charge in [-0.15, -0.1) is 0 Å². The predicted molar refractivity (Wildman–Crippen MR) is 113 cm³/mol. The molecule has 1 aliphatic heterocycles. The highest BCUT2D eigenvalue weighted by molar-refractivity contribution is 5.91. The van der Waals surface area contributed by atoms with Crippen molar-refractivity contribution >= 4 is 17.7 Å². The zero-order chi connectivity index (χ0) is 20.9. The molecular formula is C24H33NO4. The fourth-order valence-corrected chi connectivity index (χ4v) is 3.69. The normalized spacial score (nSPS) is 17.3. The minimum atomic E-state index is -0.168. The van der Waals surface area contributed by atoms with E-state index in [9.17, 15) is 14.4 Å². The summed E-state index contributed by atoms with van der Waals surface area (Å²) in [5.74, 6) is 0.0796. The van der Waals surface area contributed by atoms with Crippen molar-refractivity contribution in [2.75, 3.05) is 13.7 Å². The lowest BCUT2D eigenvalue weighted by atomic mass is 10.1. The van der Waals surface area contributed by atoms with Crippen LogP contribution in [-0.2, 0) is 25.5 Å². The number of ketones is 1. The van der Waals surface area contributed by atoms with Gasteiger partial charge in [-0.2, -0.15) is 0 Å². The molecule has 0 radical (unpaired) electrons. The molecule has 5 nitrogen and oxygen atoms in total. The number of unbranched alkanes of at least 4 members (excludes halogenated alkanes) is 3. The molecule has 1 saturated heterocycles. The Hall–Kier alpha value is -2.43. The van der Waals surface area contributed by atoms with Crippen LogP contribution in [0.3, 0.4) is 0 Å². The molecule has 1 amide bonds. The predicted octanol–water partition coefficient (Wildman–Crippen LogP) is 4.25. The van der Waals surface area contributed by atoms with Gasteiger partial charge in [0, 0.05) is 25.8 Å². The van der Waals surface area contributed by atoms with Crippen molar-refractivity contribution in [3.63, 3.8) is 0 Å². The van der Waals surface area contributed by atoms with Gasteiger partial charge in [0.15, 0.2) is 5.78 Å². The smallest absolute Gasteiger partial charge is 0.305 e. The Labute approximate surface area is 174 Å². The van der Waals surface area contributed by atoms with Gasteiger partial charge in [-0.25, -0.2) is 0 Å². The van der Waals surface area contributed by atoms with E-state index in [-0.39, 0.29) is 23.7 Å². The molecular weight excluding hydrogens is 366 g/mol. The number of carbonyl (C=O) groups is 3. The molecule has 29 heavy (non-hydrogen) atoms. The van der Waals surface area contributed by atoms with Crippen LogP contribution in [0, 0.1) is 0 Å². The van der Waals surface area contributed by atoms with Gasteiger partial charge >= 0.3 is 5.97 Å². The molecule has 158 valence electrons. The number of hydrogen-bond acceptors (Lipinski definition) is 4. The maximum Gasteiger partial charge on any atom is 0.305 e. The number of methoxy groups -OCH3 is 1. The fourth-order valence-electron chi connectivity index (χ4n) is 3.69. The number of nitrogens with zero attached hydrogens (tertiary/aromatic N) is 1. The third-order valence-electron chi connectivity index (χ3n) is 5.34. The number of allylic oxidation sites excluding steroid dienone is 1. The van der Waals surface area contributed by atoms with E-state index in [2.05, 4.69) is 4.74 Å². The topological polar surface area (TPSA) is 63.7 Å². The molecule has 2 rings (SSSR count). The highest BCUT2D eigenvalue weighted by Gasteiger charge is 2.24.